The van der Waals surface area contributed by atoms with E-state index in [4.69, 9.17) is 0 Å². The number of aliphatic hydroxyl groups excluding tert-OH is 1. The summed E-state index contributed by atoms with van der Waals surface area (Å²) >= 11 is 0. The van der Waals surface area contributed by atoms with Gasteiger partial charge < -0.3 is 5.11 Å². The number of amides is 2. The van der Waals surface area contributed by atoms with Crippen LogP contribution in [0.3, 0.4) is 0 Å². The number of imide groups is 1. The fourth-order valence-electron chi connectivity index (χ4n) is 2.16. The molecule has 0 spiro atoms. The fraction of sp³-hybridized carbons (Fsp3) is 0.429. The maximum absolute atomic E-state index is 12.2. The van der Waals surface area contributed by atoms with Crippen LogP contribution in [0.25, 0.3) is 0 Å². The highest BCUT2D eigenvalue weighted by Gasteiger charge is 2.39. The second-order valence-corrected chi connectivity index (χ2v) is 4.57. The van der Waals surface area contributed by atoms with Gasteiger partial charge in [-0.1, -0.05) is 37.3 Å². The molecule has 0 bridgehead atoms. The van der Waals surface area contributed by atoms with Gasteiger partial charge in [-0.2, -0.15) is 0 Å². The molecule has 2 unspecified atom stereocenters. The third-order valence-electron chi connectivity index (χ3n) is 3.31. The van der Waals surface area contributed by atoms with E-state index in [2.05, 4.69) is 0 Å². The van der Waals surface area contributed by atoms with Crippen molar-refractivity contribution in [2.24, 2.45) is 0 Å². The Bertz CT molecular complexity index is 444. The third-order valence-corrected chi connectivity index (χ3v) is 3.31. The number of nitrogens with zero attached hydrogens (tertiary/aromatic N) is 1. The van der Waals surface area contributed by atoms with Crippen LogP contribution in [0.15, 0.2) is 30.3 Å². The standard InChI is InChI=1S/C14H17NO3/c1-2-11(16)9-15-13(17)8-12(14(15)18)10-6-4-3-5-7-10/h3-7,11-12,16H,2,8-9H2,1H3. The molecular weight excluding hydrogens is 230 g/mol. The van der Waals surface area contributed by atoms with Gasteiger partial charge in [-0.25, -0.2) is 0 Å². The molecule has 4 nitrogen and oxygen atoms in total. The quantitative estimate of drug-likeness (QED) is 0.816. The van der Waals surface area contributed by atoms with Crippen LogP contribution in [0, 0.1) is 0 Å². The van der Waals surface area contributed by atoms with E-state index < -0.39 is 6.10 Å². The lowest BCUT2D eigenvalue weighted by Gasteiger charge is -2.18. The molecule has 1 aromatic carbocycles. The Hall–Kier alpha value is -1.68. The van der Waals surface area contributed by atoms with E-state index in [1.807, 2.05) is 37.3 Å². The Kier molecular flexibility index (Phi) is 3.77. The lowest BCUT2D eigenvalue weighted by atomic mass is 9.98. The van der Waals surface area contributed by atoms with E-state index in [-0.39, 0.29) is 30.7 Å². The van der Waals surface area contributed by atoms with Gasteiger partial charge in [0, 0.05) is 6.42 Å². The van der Waals surface area contributed by atoms with E-state index in [1.165, 1.54) is 4.90 Å². The average Bonchev–Trinajstić information content (AvgIpc) is 2.67. The van der Waals surface area contributed by atoms with Crippen molar-refractivity contribution in [1.29, 1.82) is 0 Å². The van der Waals surface area contributed by atoms with Gasteiger partial charge in [-0.3, -0.25) is 14.5 Å². The lowest BCUT2D eigenvalue weighted by molar-refractivity contribution is -0.140. The number of carbonyl (C=O) groups excluding carboxylic acids is 2. The minimum Gasteiger partial charge on any atom is -0.391 e. The van der Waals surface area contributed by atoms with Crippen LogP contribution >= 0.6 is 0 Å². The van der Waals surface area contributed by atoms with E-state index >= 15 is 0 Å². The molecule has 0 aromatic heterocycles. The number of likely N-dealkylation sites (tertiary alicyclic amines) is 1. The monoisotopic (exact) mass is 247 g/mol. The van der Waals surface area contributed by atoms with Gasteiger partial charge in [-0.05, 0) is 12.0 Å². The van der Waals surface area contributed by atoms with E-state index in [0.717, 1.165) is 5.56 Å². The van der Waals surface area contributed by atoms with Gasteiger partial charge in [0.1, 0.15) is 0 Å². The highest BCUT2D eigenvalue weighted by Crippen LogP contribution is 2.29. The maximum Gasteiger partial charge on any atom is 0.237 e. The predicted molar refractivity (Wildman–Crippen MR) is 66.8 cm³/mol. The molecule has 1 aliphatic heterocycles. The molecule has 4 heteroatoms. The van der Waals surface area contributed by atoms with Crippen LogP contribution in [-0.2, 0) is 9.59 Å². The largest absolute Gasteiger partial charge is 0.391 e. The number of hydrogen-bond acceptors (Lipinski definition) is 3. The summed E-state index contributed by atoms with van der Waals surface area (Å²) in [5.41, 5.74) is 0.865. The van der Waals surface area contributed by atoms with Crippen molar-refractivity contribution < 1.29 is 14.7 Å². The van der Waals surface area contributed by atoms with Crippen molar-refractivity contribution in [3.63, 3.8) is 0 Å². The van der Waals surface area contributed by atoms with E-state index in [1.54, 1.807) is 0 Å². The minimum atomic E-state index is -0.632. The van der Waals surface area contributed by atoms with Crippen molar-refractivity contribution in [2.45, 2.75) is 31.8 Å². The Balaban J connectivity index is 2.14. The molecule has 1 saturated heterocycles. The summed E-state index contributed by atoms with van der Waals surface area (Å²) < 4.78 is 0. The average molecular weight is 247 g/mol. The SMILES string of the molecule is CCC(O)CN1C(=O)CC(c2ccccc2)C1=O. The summed E-state index contributed by atoms with van der Waals surface area (Å²) in [7, 11) is 0. The minimum absolute atomic E-state index is 0.109. The Morgan fingerprint density at radius 3 is 2.61 bits per heavy atom. The molecule has 0 aliphatic carbocycles. The molecule has 1 fully saturated rings. The molecule has 18 heavy (non-hydrogen) atoms. The smallest absolute Gasteiger partial charge is 0.237 e. The molecule has 96 valence electrons. The Morgan fingerprint density at radius 1 is 1.33 bits per heavy atom. The fourth-order valence-corrected chi connectivity index (χ4v) is 2.16. The number of β-amino-alcohol motifs (C(OH)–C–C–N with tert-alkyl or cyclic N) is 1. The summed E-state index contributed by atoms with van der Waals surface area (Å²) in [6.07, 6.45) is 0.110. The molecule has 0 saturated carbocycles. The van der Waals surface area contributed by atoms with Crippen LogP contribution in [-0.4, -0.2) is 34.5 Å². The molecule has 2 atom stereocenters. The van der Waals surface area contributed by atoms with Crippen LogP contribution in [0.5, 0.6) is 0 Å². The van der Waals surface area contributed by atoms with Crippen molar-refractivity contribution in [3.8, 4) is 0 Å². The van der Waals surface area contributed by atoms with Gasteiger partial charge in [0.2, 0.25) is 11.8 Å². The van der Waals surface area contributed by atoms with Crippen molar-refractivity contribution in [2.75, 3.05) is 6.54 Å². The first-order valence-corrected chi connectivity index (χ1v) is 6.20. The van der Waals surface area contributed by atoms with Crippen molar-refractivity contribution in [3.05, 3.63) is 35.9 Å². The van der Waals surface area contributed by atoms with Crippen LogP contribution in [0.2, 0.25) is 0 Å². The van der Waals surface area contributed by atoms with E-state index in [9.17, 15) is 14.7 Å². The molecule has 1 aromatic rings. The zero-order valence-corrected chi connectivity index (χ0v) is 10.4. The molecule has 0 radical (unpaired) electrons. The molecule has 1 aliphatic rings. The normalized spacial score (nSPS) is 21.4. The number of carbonyl (C=O) groups is 2. The van der Waals surface area contributed by atoms with Crippen molar-refractivity contribution >= 4 is 11.8 Å². The first-order chi connectivity index (χ1) is 8.63. The highest BCUT2D eigenvalue weighted by molar-refractivity contribution is 6.06. The van der Waals surface area contributed by atoms with Gasteiger partial charge in [0.05, 0.1) is 18.6 Å². The van der Waals surface area contributed by atoms with Crippen molar-refractivity contribution in [1.82, 2.24) is 4.90 Å². The van der Waals surface area contributed by atoms with Crippen LogP contribution in [0.4, 0.5) is 0 Å². The Labute approximate surface area is 106 Å². The number of aliphatic hydroxyl groups is 1. The molecule has 1 N–H and O–H groups in total. The summed E-state index contributed by atoms with van der Waals surface area (Å²) in [6.45, 7) is 1.93. The number of hydrogen-bond donors (Lipinski definition) is 1. The summed E-state index contributed by atoms with van der Waals surface area (Å²) in [6, 6.07) is 9.31. The Morgan fingerprint density at radius 2 is 2.00 bits per heavy atom. The van der Waals surface area contributed by atoms with Gasteiger partial charge in [-0.15, -0.1) is 0 Å². The number of rotatable bonds is 4. The van der Waals surface area contributed by atoms with Crippen LogP contribution in [0.1, 0.15) is 31.2 Å². The molecule has 1 heterocycles. The van der Waals surface area contributed by atoms with Gasteiger partial charge >= 0.3 is 0 Å². The predicted octanol–water partition coefficient (Wildman–Crippen LogP) is 1.30. The van der Waals surface area contributed by atoms with E-state index in [0.29, 0.717) is 6.42 Å². The van der Waals surface area contributed by atoms with Crippen LogP contribution < -0.4 is 0 Å². The zero-order chi connectivity index (χ0) is 13.1. The summed E-state index contributed by atoms with van der Waals surface area (Å²) in [5, 5.41) is 9.56. The first kappa shape index (κ1) is 12.8. The number of benzene rings is 1. The highest BCUT2D eigenvalue weighted by atomic mass is 16.3. The second kappa shape index (κ2) is 5.31. The summed E-state index contributed by atoms with van der Waals surface area (Å²) in [5.74, 6) is -0.775. The van der Waals surface area contributed by atoms with Gasteiger partial charge in [0.25, 0.3) is 0 Å². The summed E-state index contributed by atoms with van der Waals surface area (Å²) in [4.78, 5) is 25.2. The maximum atomic E-state index is 12.2. The third kappa shape index (κ3) is 2.43. The first-order valence-electron chi connectivity index (χ1n) is 6.20. The second-order valence-electron chi connectivity index (χ2n) is 4.57. The lowest BCUT2D eigenvalue weighted by Crippen LogP contribution is -2.36. The topological polar surface area (TPSA) is 57.6 Å². The molecule has 2 amide bonds. The molecule has 2 rings (SSSR count). The van der Waals surface area contributed by atoms with Gasteiger partial charge in [0.15, 0.2) is 0 Å². The zero-order valence-electron chi connectivity index (χ0n) is 10.4. The molecular formula is C14H17NO3.